The molecule has 0 aromatic heterocycles. The molecule has 9 heavy (non-hydrogen) atoms. The average Bonchev–Trinajstić information content (AvgIpc) is 1.77. The van der Waals surface area contributed by atoms with Gasteiger partial charge in [0.05, 0.1) is 0 Å². The van der Waals surface area contributed by atoms with E-state index in [0.717, 1.165) is 3.92 Å². The minimum atomic E-state index is 0. The highest BCUT2D eigenvalue weighted by Crippen LogP contribution is 2.22. The van der Waals surface area contributed by atoms with Gasteiger partial charge in [0.25, 0.3) is 0 Å². The molecule has 2 N–H and O–H groups in total. The average molecular weight is 262 g/mol. The van der Waals surface area contributed by atoms with Gasteiger partial charge in [0.1, 0.15) is 0 Å². The molecule has 0 aliphatic heterocycles. The SMILES string of the molecule is Cl.NC1CCCCC1I. The summed E-state index contributed by atoms with van der Waals surface area (Å²) in [7, 11) is 0. The quantitative estimate of drug-likeness (QED) is 0.525. The topological polar surface area (TPSA) is 26.0 Å². The van der Waals surface area contributed by atoms with Gasteiger partial charge in [-0.05, 0) is 12.8 Å². The number of rotatable bonds is 0. The summed E-state index contributed by atoms with van der Waals surface area (Å²) in [5.74, 6) is 0. The molecule has 1 fully saturated rings. The summed E-state index contributed by atoms with van der Waals surface area (Å²) in [4.78, 5) is 0. The molecule has 1 aliphatic rings. The van der Waals surface area contributed by atoms with Gasteiger partial charge >= 0.3 is 0 Å². The normalized spacial score (nSPS) is 35.3. The molecule has 0 radical (unpaired) electrons. The first-order chi connectivity index (χ1) is 3.80. The Balaban J connectivity index is 0.000000640. The van der Waals surface area contributed by atoms with Crippen molar-refractivity contribution in [3.63, 3.8) is 0 Å². The smallest absolute Gasteiger partial charge is 0.0261 e. The summed E-state index contributed by atoms with van der Waals surface area (Å²) < 4.78 is 0.751. The summed E-state index contributed by atoms with van der Waals surface area (Å²) in [6.07, 6.45) is 5.32. The zero-order chi connectivity index (χ0) is 5.98. The highest BCUT2D eigenvalue weighted by Gasteiger charge is 2.17. The number of hydrogen-bond acceptors (Lipinski definition) is 1. The van der Waals surface area contributed by atoms with Crippen LogP contribution in [0.15, 0.2) is 0 Å². The van der Waals surface area contributed by atoms with Gasteiger partial charge in [-0.2, -0.15) is 0 Å². The summed E-state index contributed by atoms with van der Waals surface area (Å²) in [6, 6.07) is 0.490. The second-order valence-electron chi connectivity index (χ2n) is 2.46. The van der Waals surface area contributed by atoms with Gasteiger partial charge in [-0.1, -0.05) is 35.4 Å². The van der Waals surface area contributed by atoms with Crippen molar-refractivity contribution in [1.29, 1.82) is 0 Å². The minimum Gasteiger partial charge on any atom is -0.327 e. The third kappa shape index (κ3) is 3.05. The van der Waals surface area contributed by atoms with Crippen molar-refractivity contribution in [2.24, 2.45) is 5.73 Å². The van der Waals surface area contributed by atoms with E-state index in [0.29, 0.717) is 6.04 Å². The Kier molecular flexibility index (Phi) is 5.26. The number of hydrogen-bond donors (Lipinski definition) is 1. The Bertz CT molecular complexity index is 69.5. The van der Waals surface area contributed by atoms with Crippen LogP contribution in [-0.4, -0.2) is 9.97 Å². The maximum atomic E-state index is 5.77. The van der Waals surface area contributed by atoms with E-state index in [4.69, 9.17) is 5.73 Å². The molecule has 1 saturated carbocycles. The Morgan fingerprint density at radius 3 is 2.11 bits per heavy atom. The largest absolute Gasteiger partial charge is 0.327 e. The van der Waals surface area contributed by atoms with E-state index in [9.17, 15) is 0 Å². The molecule has 2 unspecified atom stereocenters. The van der Waals surface area contributed by atoms with Gasteiger partial charge < -0.3 is 5.73 Å². The van der Waals surface area contributed by atoms with Crippen LogP contribution in [0.5, 0.6) is 0 Å². The molecule has 1 rings (SSSR count). The van der Waals surface area contributed by atoms with E-state index >= 15 is 0 Å². The van der Waals surface area contributed by atoms with Crippen molar-refractivity contribution >= 4 is 35.0 Å². The van der Waals surface area contributed by atoms with Crippen molar-refractivity contribution in [2.45, 2.75) is 35.6 Å². The highest BCUT2D eigenvalue weighted by molar-refractivity contribution is 14.1. The molecule has 0 saturated heterocycles. The maximum Gasteiger partial charge on any atom is 0.0261 e. The molecule has 2 atom stereocenters. The van der Waals surface area contributed by atoms with E-state index in [-0.39, 0.29) is 12.4 Å². The van der Waals surface area contributed by atoms with E-state index in [1.54, 1.807) is 0 Å². The van der Waals surface area contributed by atoms with Crippen LogP contribution in [-0.2, 0) is 0 Å². The van der Waals surface area contributed by atoms with E-state index in [2.05, 4.69) is 22.6 Å². The summed E-state index contributed by atoms with van der Waals surface area (Å²) in [5, 5.41) is 0. The van der Waals surface area contributed by atoms with Crippen LogP contribution < -0.4 is 5.73 Å². The Morgan fingerprint density at radius 1 is 1.22 bits per heavy atom. The fourth-order valence-electron chi connectivity index (χ4n) is 1.11. The number of alkyl halides is 1. The molecule has 3 heteroatoms. The molecule has 0 heterocycles. The molecule has 1 nitrogen and oxygen atoms in total. The molecule has 0 aromatic carbocycles. The Labute approximate surface area is 76.3 Å². The lowest BCUT2D eigenvalue weighted by atomic mass is 9.96. The minimum absolute atomic E-state index is 0. The monoisotopic (exact) mass is 261 g/mol. The zero-order valence-electron chi connectivity index (χ0n) is 5.35. The van der Waals surface area contributed by atoms with Crippen molar-refractivity contribution < 1.29 is 0 Å². The summed E-state index contributed by atoms with van der Waals surface area (Å²) in [5.41, 5.74) is 5.77. The van der Waals surface area contributed by atoms with Gasteiger partial charge in [-0.15, -0.1) is 12.4 Å². The fourth-order valence-corrected chi connectivity index (χ4v) is 1.91. The lowest BCUT2D eigenvalue weighted by Crippen LogP contribution is -2.33. The number of halogens is 2. The second kappa shape index (κ2) is 4.74. The van der Waals surface area contributed by atoms with Crippen LogP contribution in [0.3, 0.4) is 0 Å². The van der Waals surface area contributed by atoms with Gasteiger partial charge in [0.2, 0.25) is 0 Å². The fraction of sp³-hybridized carbons (Fsp3) is 1.00. The second-order valence-corrected chi connectivity index (χ2v) is 4.06. The lowest BCUT2D eigenvalue weighted by molar-refractivity contribution is 0.465. The Hall–Kier alpha value is 0.980. The van der Waals surface area contributed by atoms with E-state index in [1.807, 2.05) is 0 Å². The molecule has 0 bridgehead atoms. The maximum absolute atomic E-state index is 5.77. The van der Waals surface area contributed by atoms with Crippen LogP contribution in [0.1, 0.15) is 25.7 Å². The number of nitrogens with two attached hydrogens (primary N) is 1. The van der Waals surface area contributed by atoms with Crippen molar-refractivity contribution in [1.82, 2.24) is 0 Å². The highest BCUT2D eigenvalue weighted by atomic mass is 127. The van der Waals surface area contributed by atoms with Crippen molar-refractivity contribution in [3.05, 3.63) is 0 Å². The summed E-state index contributed by atoms with van der Waals surface area (Å²) >= 11 is 2.46. The Morgan fingerprint density at radius 2 is 1.78 bits per heavy atom. The van der Waals surface area contributed by atoms with Crippen LogP contribution in [0.25, 0.3) is 0 Å². The third-order valence-corrected chi connectivity index (χ3v) is 3.28. The van der Waals surface area contributed by atoms with Crippen molar-refractivity contribution in [3.8, 4) is 0 Å². The standard InChI is InChI=1S/C6H12IN.ClH/c7-5-3-1-2-4-6(5)8;/h5-6H,1-4,8H2;1H. The van der Waals surface area contributed by atoms with Gasteiger partial charge in [-0.25, -0.2) is 0 Å². The molecular formula is C6H13ClIN. The molecule has 1 aliphatic carbocycles. The predicted molar refractivity (Wildman–Crippen MR) is 51.5 cm³/mol. The van der Waals surface area contributed by atoms with Crippen LogP contribution in [0.4, 0.5) is 0 Å². The molecular weight excluding hydrogens is 248 g/mol. The first-order valence-corrected chi connectivity index (χ1v) is 4.45. The van der Waals surface area contributed by atoms with Gasteiger partial charge in [-0.3, -0.25) is 0 Å². The molecule has 56 valence electrons. The van der Waals surface area contributed by atoms with Gasteiger partial charge in [0, 0.05) is 9.97 Å². The van der Waals surface area contributed by atoms with Crippen LogP contribution in [0.2, 0.25) is 0 Å². The lowest BCUT2D eigenvalue weighted by Gasteiger charge is -2.22. The van der Waals surface area contributed by atoms with Gasteiger partial charge in [0.15, 0.2) is 0 Å². The van der Waals surface area contributed by atoms with Crippen molar-refractivity contribution in [2.75, 3.05) is 0 Å². The van der Waals surface area contributed by atoms with E-state index in [1.165, 1.54) is 25.7 Å². The first-order valence-electron chi connectivity index (χ1n) is 3.20. The van der Waals surface area contributed by atoms with Crippen LogP contribution in [0, 0.1) is 0 Å². The summed E-state index contributed by atoms with van der Waals surface area (Å²) in [6.45, 7) is 0. The first kappa shape index (κ1) is 9.98. The predicted octanol–water partition coefficient (Wildman–Crippen LogP) is 2.11. The van der Waals surface area contributed by atoms with Crippen LogP contribution >= 0.6 is 35.0 Å². The molecule has 0 amide bonds. The zero-order valence-corrected chi connectivity index (χ0v) is 8.32. The third-order valence-electron chi connectivity index (χ3n) is 1.73. The van der Waals surface area contributed by atoms with E-state index < -0.39 is 0 Å². The molecule has 0 aromatic rings. The molecule has 0 spiro atoms.